The van der Waals surface area contributed by atoms with Crippen LogP contribution in [0, 0.1) is 0 Å². The van der Waals surface area contributed by atoms with Gasteiger partial charge in [-0.25, -0.2) is 8.42 Å². The van der Waals surface area contributed by atoms with E-state index in [-0.39, 0.29) is 16.5 Å². The molecule has 4 rings (SSSR count). The molecule has 2 aromatic carbocycles. The number of hydrogen-bond donors (Lipinski definition) is 2. The maximum Gasteiger partial charge on any atom is 0.325 e. The molecular formula is C22H22N2O4S2. The third-order valence-corrected chi connectivity index (χ3v) is 8.51. The van der Waals surface area contributed by atoms with Crippen LogP contribution in [0.1, 0.15) is 17.9 Å². The number of carboxylic acid groups (broad SMARTS) is 1. The first kappa shape index (κ1) is 20.6. The van der Waals surface area contributed by atoms with Crippen molar-refractivity contribution in [2.45, 2.75) is 22.1 Å². The van der Waals surface area contributed by atoms with Crippen LogP contribution in [0.25, 0.3) is 10.4 Å². The van der Waals surface area contributed by atoms with Crippen LogP contribution in [0.4, 0.5) is 5.69 Å². The summed E-state index contributed by atoms with van der Waals surface area (Å²) >= 11 is 1.13. The molecule has 156 valence electrons. The average Bonchev–Trinajstić information content (AvgIpc) is 3.21. The van der Waals surface area contributed by atoms with E-state index in [9.17, 15) is 18.3 Å². The second-order valence-corrected chi connectivity index (χ2v) is 10.6. The molecular weight excluding hydrogens is 420 g/mol. The summed E-state index contributed by atoms with van der Waals surface area (Å²) in [6.45, 7) is 0. The fourth-order valence-corrected chi connectivity index (χ4v) is 6.29. The number of anilines is 1. The summed E-state index contributed by atoms with van der Waals surface area (Å²) in [6, 6.07) is 20.2. The molecule has 2 unspecified atom stereocenters. The number of aliphatic carboxylic acids is 1. The van der Waals surface area contributed by atoms with E-state index in [0.717, 1.165) is 33.0 Å². The Hall–Kier alpha value is -2.68. The van der Waals surface area contributed by atoms with Gasteiger partial charge in [-0.15, -0.1) is 11.3 Å². The molecule has 1 aliphatic rings. The maximum absolute atomic E-state index is 13.0. The third kappa shape index (κ3) is 3.74. The van der Waals surface area contributed by atoms with E-state index in [1.807, 2.05) is 73.6 Å². The van der Waals surface area contributed by atoms with Gasteiger partial charge in [-0.1, -0.05) is 42.5 Å². The molecule has 1 fully saturated rings. The van der Waals surface area contributed by atoms with Gasteiger partial charge in [-0.3, -0.25) is 4.79 Å². The first-order valence-electron chi connectivity index (χ1n) is 9.43. The summed E-state index contributed by atoms with van der Waals surface area (Å²) in [5, 5.41) is 9.77. The zero-order valence-corrected chi connectivity index (χ0v) is 18.2. The molecule has 1 heterocycles. The third-order valence-electron chi connectivity index (χ3n) is 5.38. The number of benzene rings is 2. The number of thiophene rings is 1. The molecule has 0 bridgehead atoms. The van der Waals surface area contributed by atoms with Crippen molar-refractivity contribution in [2.75, 3.05) is 19.0 Å². The molecule has 0 radical (unpaired) electrons. The Bertz CT molecular complexity index is 1170. The minimum Gasteiger partial charge on any atom is -0.480 e. The Balaban J connectivity index is 1.58. The largest absolute Gasteiger partial charge is 0.480 e. The summed E-state index contributed by atoms with van der Waals surface area (Å²) in [5.74, 6) is -1.54. The van der Waals surface area contributed by atoms with Gasteiger partial charge in [-0.2, -0.15) is 4.72 Å². The molecule has 0 saturated heterocycles. The van der Waals surface area contributed by atoms with Crippen LogP contribution in [-0.2, 0) is 14.8 Å². The van der Waals surface area contributed by atoms with Crippen molar-refractivity contribution in [3.8, 4) is 10.4 Å². The number of rotatable bonds is 7. The smallest absolute Gasteiger partial charge is 0.325 e. The second kappa shape index (κ2) is 7.54. The zero-order valence-electron chi connectivity index (χ0n) is 16.6. The molecule has 3 aromatic rings. The Labute approximate surface area is 179 Å². The molecule has 2 atom stereocenters. The van der Waals surface area contributed by atoms with Crippen LogP contribution in [0.3, 0.4) is 0 Å². The lowest BCUT2D eigenvalue weighted by molar-refractivity contribution is -0.140. The molecule has 0 aliphatic heterocycles. The Morgan fingerprint density at radius 1 is 1.07 bits per heavy atom. The lowest BCUT2D eigenvalue weighted by Gasteiger charge is -2.14. The van der Waals surface area contributed by atoms with E-state index in [0.29, 0.717) is 0 Å². The molecule has 6 nitrogen and oxygen atoms in total. The second-order valence-electron chi connectivity index (χ2n) is 7.61. The predicted molar refractivity (Wildman–Crippen MR) is 119 cm³/mol. The number of sulfonamides is 1. The summed E-state index contributed by atoms with van der Waals surface area (Å²) in [5.41, 5.74) is 1.27. The van der Waals surface area contributed by atoms with Crippen molar-refractivity contribution < 1.29 is 18.3 Å². The lowest BCUT2D eigenvalue weighted by atomic mass is 10.1. The number of nitrogens with one attached hydrogen (secondary N) is 1. The minimum atomic E-state index is -3.97. The van der Waals surface area contributed by atoms with E-state index >= 15 is 0 Å². The van der Waals surface area contributed by atoms with Gasteiger partial charge in [0.15, 0.2) is 0 Å². The number of hydrogen-bond acceptors (Lipinski definition) is 5. The van der Waals surface area contributed by atoms with Crippen molar-refractivity contribution in [3.05, 3.63) is 72.3 Å². The Morgan fingerprint density at radius 2 is 1.73 bits per heavy atom. The van der Waals surface area contributed by atoms with Gasteiger partial charge in [0, 0.05) is 30.6 Å². The van der Waals surface area contributed by atoms with Crippen LogP contribution in [0.15, 0.2) is 70.9 Å². The molecule has 1 saturated carbocycles. The van der Waals surface area contributed by atoms with E-state index in [2.05, 4.69) is 4.72 Å². The maximum atomic E-state index is 13.0. The van der Waals surface area contributed by atoms with Gasteiger partial charge in [0.05, 0.1) is 0 Å². The summed E-state index contributed by atoms with van der Waals surface area (Å²) in [6.07, 6.45) is 0.232. The first-order chi connectivity index (χ1) is 14.2. The molecule has 1 aromatic heterocycles. The molecule has 2 N–H and O–H groups in total. The monoisotopic (exact) mass is 442 g/mol. The van der Waals surface area contributed by atoms with Gasteiger partial charge in [0.1, 0.15) is 9.75 Å². The SMILES string of the molecule is CN(C)c1ccc(-c2ccc(S(=O)(=O)NC3(C(=O)O)CC3c3ccccc3)s2)cc1. The average molecular weight is 443 g/mol. The Morgan fingerprint density at radius 3 is 2.33 bits per heavy atom. The number of carboxylic acids is 1. The van der Waals surface area contributed by atoms with Crippen molar-refractivity contribution in [1.82, 2.24) is 4.72 Å². The van der Waals surface area contributed by atoms with Gasteiger partial charge in [-0.05, 0) is 41.8 Å². The highest BCUT2D eigenvalue weighted by Crippen LogP contribution is 2.52. The fraction of sp³-hybridized carbons (Fsp3) is 0.227. The van der Waals surface area contributed by atoms with E-state index in [1.54, 1.807) is 6.07 Å². The van der Waals surface area contributed by atoms with Crippen molar-refractivity contribution in [3.63, 3.8) is 0 Å². The van der Waals surface area contributed by atoms with Crippen molar-refractivity contribution in [2.24, 2.45) is 0 Å². The minimum absolute atomic E-state index is 0.105. The standard InChI is InChI=1S/C22H22N2O4S2/c1-24(2)17-10-8-16(9-11-17)19-12-13-20(29-19)30(27,28)23-22(21(25)26)14-18(22)15-6-4-3-5-7-15/h3-13,18,23H,14H2,1-2H3,(H,25,26). The van der Waals surface area contributed by atoms with Gasteiger partial charge in [0.2, 0.25) is 0 Å². The molecule has 30 heavy (non-hydrogen) atoms. The Kier molecular flexibility index (Phi) is 5.17. The van der Waals surface area contributed by atoms with Gasteiger partial charge < -0.3 is 10.0 Å². The highest BCUT2D eigenvalue weighted by Gasteiger charge is 2.63. The fourth-order valence-electron chi connectivity index (χ4n) is 3.58. The highest BCUT2D eigenvalue weighted by atomic mass is 32.2. The van der Waals surface area contributed by atoms with Crippen LogP contribution < -0.4 is 9.62 Å². The van der Waals surface area contributed by atoms with Crippen LogP contribution in [0.5, 0.6) is 0 Å². The lowest BCUT2D eigenvalue weighted by Crippen LogP contribution is -2.44. The summed E-state index contributed by atoms with van der Waals surface area (Å²) < 4.78 is 28.6. The quantitative estimate of drug-likeness (QED) is 0.582. The van der Waals surface area contributed by atoms with Crippen molar-refractivity contribution in [1.29, 1.82) is 0 Å². The molecule has 8 heteroatoms. The van der Waals surface area contributed by atoms with E-state index in [4.69, 9.17) is 0 Å². The summed E-state index contributed by atoms with van der Waals surface area (Å²) in [7, 11) is -0.0632. The summed E-state index contributed by atoms with van der Waals surface area (Å²) in [4.78, 5) is 14.8. The van der Waals surface area contributed by atoms with Crippen LogP contribution in [0.2, 0.25) is 0 Å². The van der Waals surface area contributed by atoms with Crippen molar-refractivity contribution >= 4 is 33.0 Å². The van der Waals surface area contributed by atoms with Gasteiger partial charge in [0.25, 0.3) is 10.0 Å². The predicted octanol–water partition coefficient (Wildman–Crippen LogP) is 3.77. The zero-order chi connectivity index (χ0) is 21.5. The van der Waals surface area contributed by atoms with Gasteiger partial charge >= 0.3 is 5.97 Å². The number of carbonyl (C=O) groups is 1. The molecule has 1 aliphatic carbocycles. The van der Waals surface area contributed by atoms with E-state index < -0.39 is 21.5 Å². The molecule has 0 amide bonds. The topological polar surface area (TPSA) is 86.7 Å². The number of nitrogens with zero attached hydrogens (tertiary/aromatic N) is 1. The highest BCUT2D eigenvalue weighted by molar-refractivity contribution is 7.91. The van der Waals surface area contributed by atoms with Crippen LogP contribution >= 0.6 is 11.3 Å². The van der Waals surface area contributed by atoms with E-state index in [1.165, 1.54) is 6.07 Å². The normalized spacial score (nSPS) is 20.7. The van der Waals surface area contributed by atoms with Crippen LogP contribution in [-0.4, -0.2) is 39.1 Å². The first-order valence-corrected chi connectivity index (χ1v) is 11.7. The molecule has 0 spiro atoms.